The second-order valence-corrected chi connectivity index (χ2v) is 9.14. The maximum Gasteiger partial charge on any atom is 0.241 e. The molecule has 2 aromatic rings. The third-order valence-corrected chi connectivity index (χ3v) is 6.20. The zero-order chi connectivity index (χ0) is 19.4. The molecule has 0 bridgehead atoms. The number of nitrogens with zero attached hydrogens (tertiary/aromatic N) is 3. The van der Waals surface area contributed by atoms with E-state index in [2.05, 4.69) is 10.1 Å². The molecule has 7 nitrogen and oxygen atoms in total. The lowest BCUT2D eigenvalue weighted by molar-refractivity contribution is -0.131. The lowest BCUT2D eigenvalue weighted by Crippen LogP contribution is -2.42. The van der Waals surface area contributed by atoms with E-state index >= 15 is 0 Å². The van der Waals surface area contributed by atoms with Crippen molar-refractivity contribution in [2.24, 2.45) is 5.92 Å². The van der Waals surface area contributed by atoms with Gasteiger partial charge in [0, 0.05) is 19.0 Å². The zero-order valence-corrected chi connectivity index (χ0v) is 16.5. The quantitative estimate of drug-likeness (QED) is 0.651. The summed E-state index contributed by atoms with van der Waals surface area (Å²) in [4.78, 5) is 18.6. The Morgan fingerprint density at radius 2 is 2.00 bits per heavy atom. The van der Waals surface area contributed by atoms with E-state index in [9.17, 15) is 13.2 Å². The van der Waals surface area contributed by atoms with Crippen molar-refractivity contribution in [3.8, 4) is 0 Å². The average Bonchev–Trinajstić information content (AvgIpc) is 3.39. The lowest BCUT2D eigenvalue weighted by atomic mass is 10.1. The van der Waals surface area contributed by atoms with Gasteiger partial charge in [-0.3, -0.25) is 4.79 Å². The molecule has 1 fully saturated rings. The van der Waals surface area contributed by atoms with Crippen LogP contribution in [0.25, 0.3) is 0 Å². The van der Waals surface area contributed by atoms with Crippen LogP contribution in [0, 0.1) is 5.92 Å². The summed E-state index contributed by atoms with van der Waals surface area (Å²) in [7, 11) is -3.69. The summed E-state index contributed by atoms with van der Waals surface area (Å²) >= 11 is 0. The number of hydrogen-bond donors (Lipinski definition) is 0. The molecular formula is C19H25N3O4S. The SMILES string of the molecule is CCc1noc(CS(=O)(=O)CC(=O)N(Cc2ccccc2)[C@@H](C)C2CC2)n1. The Morgan fingerprint density at radius 3 is 2.59 bits per heavy atom. The van der Waals surface area contributed by atoms with Gasteiger partial charge in [-0.1, -0.05) is 42.4 Å². The molecule has 0 radical (unpaired) electrons. The summed E-state index contributed by atoms with van der Waals surface area (Å²) in [6.45, 7) is 4.26. The predicted molar refractivity (Wildman–Crippen MR) is 100 cm³/mol. The minimum Gasteiger partial charge on any atom is -0.338 e. The zero-order valence-electron chi connectivity index (χ0n) is 15.7. The molecule has 0 saturated heterocycles. The molecule has 0 spiro atoms. The molecule has 1 amide bonds. The molecule has 1 aliphatic carbocycles. The number of benzene rings is 1. The molecule has 1 saturated carbocycles. The summed E-state index contributed by atoms with van der Waals surface area (Å²) in [6.07, 6.45) is 2.72. The largest absolute Gasteiger partial charge is 0.338 e. The number of hydrogen-bond acceptors (Lipinski definition) is 6. The van der Waals surface area contributed by atoms with Gasteiger partial charge in [-0.25, -0.2) is 8.42 Å². The van der Waals surface area contributed by atoms with Gasteiger partial charge in [0.25, 0.3) is 0 Å². The van der Waals surface area contributed by atoms with E-state index < -0.39 is 21.3 Å². The van der Waals surface area contributed by atoms with Gasteiger partial charge in [0.1, 0.15) is 11.5 Å². The molecular weight excluding hydrogens is 366 g/mol. The molecule has 0 unspecified atom stereocenters. The van der Waals surface area contributed by atoms with Gasteiger partial charge in [0.2, 0.25) is 11.8 Å². The molecule has 0 N–H and O–H groups in total. The minimum atomic E-state index is -3.69. The van der Waals surface area contributed by atoms with Crippen LogP contribution < -0.4 is 0 Å². The van der Waals surface area contributed by atoms with Crippen molar-refractivity contribution in [1.29, 1.82) is 0 Å². The number of rotatable bonds is 9. The first kappa shape index (κ1) is 19.5. The van der Waals surface area contributed by atoms with Crippen molar-refractivity contribution in [2.75, 3.05) is 5.75 Å². The number of carbonyl (C=O) groups excluding carboxylic acids is 1. The van der Waals surface area contributed by atoms with Gasteiger partial charge >= 0.3 is 0 Å². The van der Waals surface area contributed by atoms with E-state index in [0.717, 1.165) is 18.4 Å². The fraction of sp³-hybridized carbons (Fsp3) is 0.526. The number of amides is 1. The highest BCUT2D eigenvalue weighted by molar-refractivity contribution is 7.91. The van der Waals surface area contributed by atoms with Gasteiger partial charge in [-0.05, 0) is 31.2 Å². The Kier molecular flexibility index (Phi) is 5.94. The summed E-state index contributed by atoms with van der Waals surface area (Å²) in [6, 6.07) is 9.65. The smallest absolute Gasteiger partial charge is 0.241 e. The van der Waals surface area contributed by atoms with E-state index in [1.165, 1.54) is 0 Å². The summed E-state index contributed by atoms with van der Waals surface area (Å²) in [5.41, 5.74) is 0.986. The Labute approximate surface area is 159 Å². The van der Waals surface area contributed by atoms with Crippen LogP contribution in [0.15, 0.2) is 34.9 Å². The van der Waals surface area contributed by atoms with E-state index in [4.69, 9.17) is 4.52 Å². The van der Waals surface area contributed by atoms with E-state index in [1.54, 1.807) is 4.90 Å². The maximum atomic E-state index is 12.9. The summed E-state index contributed by atoms with van der Waals surface area (Å²) in [5.74, 6) is -0.412. The Balaban J connectivity index is 1.70. The Hall–Kier alpha value is -2.22. The average molecular weight is 391 g/mol. The molecule has 1 aliphatic rings. The van der Waals surface area contributed by atoms with Crippen LogP contribution in [0.3, 0.4) is 0 Å². The molecule has 146 valence electrons. The van der Waals surface area contributed by atoms with Crippen LogP contribution in [0.4, 0.5) is 0 Å². The van der Waals surface area contributed by atoms with Crippen LogP contribution in [-0.2, 0) is 33.4 Å². The number of sulfone groups is 1. The fourth-order valence-corrected chi connectivity index (χ4v) is 4.21. The number of aromatic nitrogens is 2. The van der Waals surface area contributed by atoms with Gasteiger partial charge in [-0.15, -0.1) is 0 Å². The lowest BCUT2D eigenvalue weighted by Gasteiger charge is -2.29. The number of carbonyl (C=O) groups is 1. The molecule has 3 rings (SSSR count). The number of aryl methyl sites for hydroxylation is 1. The first-order valence-corrected chi connectivity index (χ1v) is 11.1. The summed E-state index contributed by atoms with van der Waals surface area (Å²) < 4.78 is 30.0. The van der Waals surface area contributed by atoms with Crippen molar-refractivity contribution >= 4 is 15.7 Å². The van der Waals surface area contributed by atoms with E-state index in [0.29, 0.717) is 24.7 Å². The summed E-state index contributed by atoms with van der Waals surface area (Å²) in [5, 5.41) is 3.70. The van der Waals surface area contributed by atoms with Crippen molar-refractivity contribution in [1.82, 2.24) is 15.0 Å². The van der Waals surface area contributed by atoms with Crippen molar-refractivity contribution in [3.63, 3.8) is 0 Å². The van der Waals surface area contributed by atoms with Gasteiger partial charge in [-0.2, -0.15) is 4.98 Å². The molecule has 0 aliphatic heterocycles. The van der Waals surface area contributed by atoms with Gasteiger partial charge < -0.3 is 9.42 Å². The van der Waals surface area contributed by atoms with Crippen LogP contribution in [0.5, 0.6) is 0 Å². The van der Waals surface area contributed by atoms with Crippen molar-refractivity contribution < 1.29 is 17.7 Å². The standard InChI is InChI=1S/C19H25N3O4S/c1-3-17-20-18(26-21-17)12-27(24,25)13-19(23)22(14(2)16-9-10-16)11-15-7-5-4-6-8-15/h4-8,14,16H,3,9-13H2,1-2H3/t14-/m0/s1. The van der Waals surface area contributed by atoms with Gasteiger partial charge in [0.05, 0.1) is 0 Å². The highest BCUT2D eigenvalue weighted by atomic mass is 32.2. The fourth-order valence-electron chi connectivity index (χ4n) is 3.08. The van der Waals surface area contributed by atoms with Crippen molar-refractivity contribution in [2.45, 2.75) is 51.4 Å². The van der Waals surface area contributed by atoms with Crippen LogP contribution in [0.1, 0.15) is 44.0 Å². The monoisotopic (exact) mass is 391 g/mol. The maximum absolute atomic E-state index is 12.9. The molecule has 1 atom stereocenters. The second-order valence-electron chi connectivity index (χ2n) is 7.08. The van der Waals surface area contributed by atoms with E-state index in [-0.39, 0.29) is 17.8 Å². The second kappa shape index (κ2) is 8.21. The minimum absolute atomic E-state index is 0.0167. The Morgan fingerprint density at radius 1 is 1.30 bits per heavy atom. The van der Waals surface area contributed by atoms with Crippen LogP contribution >= 0.6 is 0 Å². The molecule has 8 heteroatoms. The van der Waals surface area contributed by atoms with Crippen LogP contribution in [-0.4, -0.2) is 41.2 Å². The van der Waals surface area contributed by atoms with Gasteiger partial charge in [0.15, 0.2) is 15.7 Å². The van der Waals surface area contributed by atoms with E-state index in [1.807, 2.05) is 44.2 Å². The normalized spacial score (nSPS) is 15.5. The predicted octanol–water partition coefficient (Wildman–Crippen LogP) is 2.37. The molecule has 1 aromatic heterocycles. The molecule has 27 heavy (non-hydrogen) atoms. The third kappa shape index (κ3) is 5.38. The third-order valence-electron chi connectivity index (χ3n) is 4.83. The molecule has 1 heterocycles. The van der Waals surface area contributed by atoms with Crippen LogP contribution in [0.2, 0.25) is 0 Å². The first-order valence-electron chi connectivity index (χ1n) is 9.23. The first-order chi connectivity index (χ1) is 12.9. The highest BCUT2D eigenvalue weighted by Gasteiger charge is 2.35. The topological polar surface area (TPSA) is 93.4 Å². The highest BCUT2D eigenvalue weighted by Crippen LogP contribution is 2.35. The Bertz CT molecular complexity index is 875. The van der Waals surface area contributed by atoms with Crippen molar-refractivity contribution in [3.05, 3.63) is 47.6 Å². The molecule has 1 aromatic carbocycles.